The van der Waals surface area contributed by atoms with Crippen LogP contribution in [0.3, 0.4) is 0 Å². The second-order valence-electron chi connectivity index (χ2n) is 7.46. The number of benzene rings is 3. The Morgan fingerprint density at radius 1 is 1.00 bits per heavy atom. The van der Waals surface area contributed by atoms with Crippen LogP contribution in [-0.4, -0.2) is 26.0 Å². The van der Waals surface area contributed by atoms with Crippen LogP contribution >= 0.6 is 11.8 Å². The lowest BCUT2D eigenvalue weighted by Crippen LogP contribution is -2.20. The second kappa shape index (κ2) is 8.68. The molecule has 4 rings (SSSR count). The van der Waals surface area contributed by atoms with Gasteiger partial charge in [0, 0.05) is 21.8 Å². The lowest BCUT2D eigenvalue weighted by molar-refractivity contribution is -0.113. The highest BCUT2D eigenvalue weighted by molar-refractivity contribution is 8.00. The molecule has 0 radical (unpaired) electrons. The molecule has 1 heterocycles. The van der Waals surface area contributed by atoms with Crippen LogP contribution in [0.2, 0.25) is 0 Å². The molecule has 3 aromatic rings. The highest BCUT2D eigenvalue weighted by Crippen LogP contribution is 2.32. The predicted molar refractivity (Wildman–Crippen MR) is 127 cm³/mol. The minimum absolute atomic E-state index is 0.0749. The molecule has 0 atom stereocenters. The van der Waals surface area contributed by atoms with E-state index in [0.29, 0.717) is 33.9 Å². The summed E-state index contributed by atoms with van der Waals surface area (Å²) in [4.78, 5) is 25.3. The number of hydrogen-bond acceptors (Lipinski definition) is 5. The molecule has 1 aliphatic heterocycles. The number of carbonyl (C=O) groups is 2. The van der Waals surface area contributed by atoms with Gasteiger partial charge < -0.3 is 10.6 Å². The van der Waals surface area contributed by atoms with Crippen LogP contribution in [0.25, 0.3) is 0 Å². The van der Waals surface area contributed by atoms with E-state index >= 15 is 0 Å². The largest absolute Gasteiger partial charge is 0.324 e. The number of hydrogen-bond donors (Lipinski definition) is 3. The Morgan fingerprint density at radius 2 is 1.81 bits per heavy atom. The Hall–Kier alpha value is -3.30. The molecule has 0 fully saturated rings. The summed E-state index contributed by atoms with van der Waals surface area (Å²) < 4.78 is 28.5. The van der Waals surface area contributed by atoms with E-state index in [-0.39, 0.29) is 10.8 Å². The maximum absolute atomic E-state index is 13.0. The smallest absolute Gasteiger partial charge is 0.262 e. The van der Waals surface area contributed by atoms with Crippen molar-refractivity contribution in [3.63, 3.8) is 0 Å². The molecule has 2 amide bonds. The molecule has 0 saturated carbocycles. The van der Waals surface area contributed by atoms with Gasteiger partial charge in [0.1, 0.15) is 0 Å². The van der Waals surface area contributed by atoms with E-state index < -0.39 is 15.9 Å². The molecule has 0 bridgehead atoms. The number of thioether (sulfide) groups is 1. The third-order valence-electron chi connectivity index (χ3n) is 4.88. The van der Waals surface area contributed by atoms with E-state index in [4.69, 9.17) is 0 Å². The molecule has 3 N–H and O–H groups in total. The van der Waals surface area contributed by atoms with Crippen molar-refractivity contribution in [2.75, 3.05) is 21.1 Å². The molecule has 1 aliphatic rings. The highest BCUT2D eigenvalue weighted by Gasteiger charge is 2.20. The van der Waals surface area contributed by atoms with Crippen LogP contribution in [0.4, 0.5) is 17.1 Å². The fourth-order valence-corrected chi connectivity index (χ4v) is 5.42. The number of anilines is 3. The first-order valence-electron chi connectivity index (χ1n) is 9.79. The van der Waals surface area contributed by atoms with Gasteiger partial charge in [-0.3, -0.25) is 14.3 Å². The number of carbonyl (C=O) groups excluding carboxylic acids is 2. The number of sulfonamides is 1. The lowest BCUT2D eigenvalue weighted by atomic mass is 10.1. The Kier molecular flexibility index (Phi) is 5.94. The van der Waals surface area contributed by atoms with Crippen LogP contribution in [0.15, 0.2) is 70.5 Å². The van der Waals surface area contributed by atoms with Gasteiger partial charge in [0.2, 0.25) is 5.91 Å². The van der Waals surface area contributed by atoms with Crippen molar-refractivity contribution in [1.29, 1.82) is 0 Å². The Bertz CT molecular complexity index is 1340. The normalized spacial score (nSPS) is 13.1. The number of nitrogens with one attached hydrogen (secondary N) is 3. The molecule has 0 spiro atoms. The third-order valence-corrected chi connectivity index (χ3v) is 7.48. The summed E-state index contributed by atoms with van der Waals surface area (Å²) >= 11 is 1.41. The van der Waals surface area contributed by atoms with E-state index in [0.717, 1.165) is 10.5 Å². The summed E-state index contributed by atoms with van der Waals surface area (Å²) in [5.74, 6) is -0.179. The topological polar surface area (TPSA) is 104 Å². The molecule has 164 valence electrons. The van der Waals surface area contributed by atoms with E-state index in [9.17, 15) is 18.0 Å². The zero-order chi connectivity index (χ0) is 22.9. The van der Waals surface area contributed by atoms with Gasteiger partial charge >= 0.3 is 0 Å². The molecule has 0 aromatic heterocycles. The van der Waals surface area contributed by atoms with Gasteiger partial charge in [-0.15, -0.1) is 11.8 Å². The first kappa shape index (κ1) is 21.9. The predicted octanol–water partition coefficient (Wildman–Crippen LogP) is 4.40. The van der Waals surface area contributed by atoms with Crippen molar-refractivity contribution in [1.82, 2.24) is 0 Å². The van der Waals surface area contributed by atoms with E-state index in [1.54, 1.807) is 55.5 Å². The first-order valence-corrected chi connectivity index (χ1v) is 12.3. The average molecular weight is 468 g/mol. The van der Waals surface area contributed by atoms with Gasteiger partial charge in [-0.2, -0.15) is 0 Å². The van der Waals surface area contributed by atoms with Gasteiger partial charge in [-0.25, -0.2) is 8.42 Å². The Labute approximate surface area is 190 Å². The number of amides is 2. The number of fused-ring (bicyclic) bond motifs is 1. The zero-order valence-electron chi connectivity index (χ0n) is 17.4. The summed E-state index contributed by atoms with van der Waals surface area (Å²) in [5, 5.41) is 5.49. The number of aryl methyl sites for hydroxylation is 2. The summed E-state index contributed by atoms with van der Waals surface area (Å²) in [6.45, 7) is 3.57. The highest BCUT2D eigenvalue weighted by atomic mass is 32.2. The Morgan fingerprint density at radius 3 is 2.59 bits per heavy atom. The molecule has 0 aliphatic carbocycles. The zero-order valence-corrected chi connectivity index (χ0v) is 19.1. The van der Waals surface area contributed by atoms with Crippen molar-refractivity contribution in [3.8, 4) is 0 Å². The van der Waals surface area contributed by atoms with Crippen molar-refractivity contribution in [2.45, 2.75) is 23.6 Å². The van der Waals surface area contributed by atoms with Crippen LogP contribution in [-0.2, 0) is 14.8 Å². The number of rotatable bonds is 5. The first-order chi connectivity index (χ1) is 15.2. The monoisotopic (exact) mass is 467 g/mol. The van der Waals surface area contributed by atoms with Crippen LogP contribution in [0.5, 0.6) is 0 Å². The van der Waals surface area contributed by atoms with E-state index in [1.807, 2.05) is 13.0 Å². The van der Waals surface area contributed by atoms with Crippen LogP contribution in [0.1, 0.15) is 21.5 Å². The van der Waals surface area contributed by atoms with Crippen molar-refractivity contribution in [3.05, 3.63) is 77.4 Å². The third kappa shape index (κ3) is 4.79. The van der Waals surface area contributed by atoms with Crippen LogP contribution < -0.4 is 15.4 Å². The summed E-state index contributed by atoms with van der Waals surface area (Å²) in [7, 11) is -3.85. The minimum atomic E-state index is -3.85. The maximum Gasteiger partial charge on any atom is 0.262 e. The van der Waals surface area contributed by atoms with Crippen LogP contribution in [0, 0.1) is 13.8 Å². The summed E-state index contributed by atoms with van der Waals surface area (Å²) in [6, 6.07) is 16.9. The van der Waals surface area contributed by atoms with Crippen molar-refractivity contribution in [2.24, 2.45) is 0 Å². The molecular formula is C23H21N3O4S2. The molecule has 7 nitrogen and oxygen atoms in total. The molecule has 9 heteroatoms. The van der Waals surface area contributed by atoms with Gasteiger partial charge in [-0.1, -0.05) is 18.2 Å². The van der Waals surface area contributed by atoms with E-state index in [2.05, 4.69) is 15.4 Å². The van der Waals surface area contributed by atoms with Gasteiger partial charge in [0.25, 0.3) is 15.9 Å². The molecular weight excluding hydrogens is 446 g/mol. The second-order valence-corrected chi connectivity index (χ2v) is 10.1. The summed E-state index contributed by atoms with van der Waals surface area (Å²) in [5.41, 5.74) is 3.25. The summed E-state index contributed by atoms with van der Waals surface area (Å²) in [6.07, 6.45) is 0. The fraction of sp³-hybridized carbons (Fsp3) is 0.130. The Balaban J connectivity index is 1.57. The molecule has 0 unspecified atom stereocenters. The van der Waals surface area contributed by atoms with Gasteiger partial charge in [0.05, 0.1) is 16.3 Å². The van der Waals surface area contributed by atoms with Gasteiger partial charge in [0.15, 0.2) is 0 Å². The standard InChI is InChI=1S/C23H21N3O4S2/c1-14-4-3-5-18(10-14)26-32(29,30)21-12-17(8-6-15(21)2)24-23(28)16-7-9-20-19(11-16)25-22(27)13-31-20/h3-12,26H,13H2,1-2H3,(H,24,28)(H,25,27). The molecule has 0 saturated heterocycles. The molecule has 3 aromatic carbocycles. The van der Waals surface area contributed by atoms with Crippen molar-refractivity contribution >= 4 is 50.7 Å². The average Bonchev–Trinajstić information content (AvgIpc) is 2.74. The molecule has 32 heavy (non-hydrogen) atoms. The van der Waals surface area contributed by atoms with Crippen molar-refractivity contribution < 1.29 is 18.0 Å². The SMILES string of the molecule is Cc1cccc(NS(=O)(=O)c2cc(NC(=O)c3ccc4c(c3)NC(=O)CS4)ccc2C)c1. The minimum Gasteiger partial charge on any atom is -0.324 e. The fourth-order valence-electron chi connectivity index (χ4n) is 3.31. The van der Waals surface area contributed by atoms with Gasteiger partial charge in [-0.05, 0) is 67.4 Å². The maximum atomic E-state index is 13.0. The quantitative estimate of drug-likeness (QED) is 0.516. The lowest BCUT2D eigenvalue weighted by Gasteiger charge is -2.17. The van der Waals surface area contributed by atoms with E-state index in [1.165, 1.54) is 17.8 Å².